The quantitative estimate of drug-likeness (QED) is 0.727. The number of hydrogen-bond acceptors (Lipinski definition) is 3. The van der Waals surface area contributed by atoms with E-state index < -0.39 is 10.0 Å². The Morgan fingerprint density at radius 2 is 1.92 bits per heavy atom. The molecule has 7 heteroatoms. The predicted molar refractivity (Wildman–Crippen MR) is 105 cm³/mol. The summed E-state index contributed by atoms with van der Waals surface area (Å²) in [7, 11) is -3.93. The van der Waals surface area contributed by atoms with Crippen LogP contribution in [-0.4, -0.2) is 26.9 Å². The number of rotatable bonds is 7. The van der Waals surface area contributed by atoms with Crippen molar-refractivity contribution < 1.29 is 13.2 Å². The van der Waals surface area contributed by atoms with Crippen LogP contribution in [-0.2, 0) is 10.0 Å². The van der Waals surface area contributed by atoms with E-state index in [4.69, 9.17) is 11.6 Å². The molecule has 138 valence electrons. The smallest absolute Gasteiger partial charge is 0.264 e. The first-order valence-electron chi connectivity index (χ1n) is 8.06. The summed E-state index contributed by atoms with van der Waals surface area (Å²) < 4.78 is 27.5. The zero-order valence-electron chi connectivity index (χ0n) is 14.6. The van der Waals surface area contributed by atoms with Crippen molar-refractivity contribution in [3.63, 3.8) is 0 Å². The summed E-state index contributed by atoms with van der Waals surface area (Å²) in [4.78, 5) is 12.2. The SMILES string of the molecule is C=CCN(c1ccccc1Cl)S(=O)(=O)c1cccc(C(=O)NC(C)C)c1. The molecule has 0 saturated heterocycles. The number of amides is 1. The van der Waals surface area contributed by atoms with Crippen molar-refractivity contribution in [3.05, 3.63) is 71.8 Å². The van der Waals surface area contributed by atoms with E-state index in [2.05, 4.69) is 11.9 Å². The molecule has 2 aromatic rings. The second-order valence-corrected chi connectivity index (χ2v) is 8.20. The fourth-order valence-electron chi connectivity index (χ4n) is 2.37. The van der Waals surface area contributed by atoms with Crippen LogP contribution < -0.4 is 9.62 Å². The molecule has 5 nitrogen and oxygen atoms in total. The minimum atomic E-state index is -3.93. The van der Waals surface area contributed by atoms with Crippen LogP contribution in [0.1, 0.15) is 24.2 Å². The summed E-state index contributed by atoms with van der Waals surface area (Å²) in [5.74, 6) is -0.329. The van der Waals surface area contributed by atoms with Gasteiger partial charge in [-0.15, -0.1) is 6.58 Å². The molecule has 0 atom stereocenters. The lowest BCUT2D eigenvalue weighted by Gasteiger charge is -2.24. The van der Waals surface area contributed by atoms with Crippen LogP contribution in [0.5, 0.6) is 0 Å². The molecule has 1 N–H and O–H groups in total. The lowest BCUT2D eigenvalue weighted by atomic mass is 10.2. The topological polar surface area (TPSA) is 66.5 Å². The van der Waals surface area contributed by atoms with Crippen LogP contribution in [0.3, 0.4) is 0 Å². The Morgan fingerprint density at radius 3 is 2.54 bits per heavy atom. The van der Waals surface area contributed by atoms with Crippen molar-refractivity contribution in [3.8, 4) is 0 Å². The van der Waals surface area contributed by atoms with E-state index in [-0.39, 0.29) is 29.0 Å². The Morgan fingerprint density at radius 1 is 1.23 bits per heavy atom. The second-order valence-electron chi connectivity index (χ2n) is 5.93. The summed E-state index contributed by atoms with van der Waals surface area (Å²) in [6, 6.07) is 12.6. The molecule has 0 aliphatic heterocycles. The number of carbonyl (C=O) groups is 1. The number of halogens is 1. The Labute approximate surface area is 159 Å². The van der Waals surface area contributed by atoms with Crippen molar-refractivity contribution >= 4 is 33.2 Å². The van der Waals surface area contributed by atoms with Gasteiger partial charge in [-0.1, -0.05) is 35.9 Å². The maximum atomic E-state index is 13.2. The van der Waals surface area contributed by atoms with E-state index in [1.807, 2.05) is 13.8 Å². The molecule has 0 fully saturated rings. The van der Waals surface area contributed by atoms with E-state index in [1.54, 1.807) is 36.4 Å². The van der Waals surface area contributed by atoms with Gasteiger partial charge >= 0.3 is 0 Å². The van der Waals surface area contributed by atoms with E-state index in [0.717, 1.165) is 0 Å². The number of hydrogen-bond donors (Lipinski definition) is 1. The van der Waals surface area contributed by atoms with Crippen LogP contribution in [0.4, 0.5) is 5.69 Å². The fourth-order valence-corrected chi connectivity index (χ4v) is 4.16. The molecule has 0 heterocycles. The molecule has 0 radical (unpaired) electrons. The van der Waals surface area contributed by atoms with Gasteiger partial charge < -0.3 is 5.32 Å². The van der Waals surface area contributed by atoms with Crippen molar-refractivity contribution in [2.24, 2.45) is 0 Å². The van der Waals surface area contributed by atoms with Crippen LogP contribution in [0.2, 0.25) is 5.02 Å². The summed E-state index contributed by atoms with van der Waals surface area (Å²) in [5, 5.41) is 3.06. The second kappa shape index (κ2) is 8.38. The van der Waals surface area contributed by atoms with Crippen molar-refractivity contribution in [1.29, 1.82) is 0 Å². The first-order chi connectivity index (χ1) is 12.3. The monoisotopic (exact) mass is 392 g/mol. The van der Waals surface area contributed by atoms with E-state index in [0.29, 0.717) is 10.7 Å². The van der Waals surface area contributed by atoms with Gasteiger partial charge in [-0.3, -0.25) is 9.10 Å². The van der Waals surface area contributed by atoms with E-state index in [9.17, 15) is 13.2 Å². The third kappa shape index (κ3) is 4.45. The highest BCUT2D eigenvalue weighted by molar-refractivity contribution is 7.92. The average molecular weight is 393 g/mol. The Balaban J connectivity index is 2.49. The number of benzene rings is 2. The van der Waals surface area contributed by atoms with Crippen LogP contribution in [0.25, 0.3) is 0 Å². The van der Waals surface area contributed by atoms with Gasteiger partial charge in [0.25, 0.3) is 15.9 Å². The molecule has 0 saturated carbocycles. The van der Waals surface area contributed by atoms with Crippen molar-refractivity contribution in [2.45, 2.75) is 24.8 Å². The lowest BCUT2D eigenvalue weighted by molar-refractivity contribution is 0.0943. The fraction of sp³-hybridized carbons (Fsp3) is 0.211. The van der Waals surface area contributed by atoms with Crippen molar-refractivity contribution in [1.82, 2.24) is 5.32 Å². The van der Waals surface area contributed by atoms with E-state index in [1.165, 1.54) is 22.5 Å². The Kier molecular flexibility index (Phi) is 6.45. The highest BCUT2D eigenvalue weighted by atomic mass is 35.5. The normalized spacial score (nSPS) is 11.2. The van der Waals surface area contributed by atoms with Gasteiger partial charge in [0, 0.05) is 11.6 Å². The van der Waals surface area contributed by atoms with Crippen LogP contribution in [0, 0.1) is 0 Å². The first kappa shape index (κ1) is 20.0. The van der Waals surface area contributed by atoms with Gasteiger partial charge in [0.15, 0.2) is 0 Å². The minimum absolute atomic E-state index is 0.00989. The first-order valence-corrected chi connectivity index (χ1v) is 9.88. The summed E-state index contributed by atoms with van der Waals surface area (Å²) in [5.41, 5.74) is 0.628. The molecule has 2 aromatic carbocycles. The van der Waals surface area contributed by atoms with Gasteiger partial charge in [-0.2, -0.15) is 0 Å². The highest BCUT2D eigenvalue weighted by Crippen LogP contribution is 2.30. The van der Waals surface area contributed by atoms with Gasteiger partial charge in [0.2, 0.25) is 0 Å². The number of nitrogens with zero attached hydrogens (tertiary/aromatic N) is 1. The van der Waals surface area contributed by atoms with Crippen LogP contribution >= 0.6 is 11.6 Å². The molecule has 0 bridgehead atoms. The average Bonchev–Trinajstić information content (AvgIpc) is 2.60. The number of para-hydroxylation sites is 1. The van der Waals surface area contributed by atoms with E-state index >= 15 is 0 Å². The van der Waals surface area contributed by atoms with Gasteiger partial charge in [0.05, 0.1) is 22.2 Å². The predicted octanol–water partition coefficient (Wildman–Crippen LogP) is 3.86. The van der Waals surface area contributed by atoms with Gasteiger partial charge in [-0.25, -0.2) is 8.42 Å². The van der Waals surface area contributed by atoms with Crippen LogP contribution in [0.15, 0.2) is 66.1 Å². The summed E-state index contributed by atoms with van der Waals surface area (Å²) in [6.45, 7) is 7.35. The molecule has 0 unspecified atom stereocenters. The zero-order chi connectivity index (χ0) is 19.3. The molecule has 0 aliphatic rings. The summed E-state index contributed by atoms with van der Waals surface area (Å²) in [6.07, 6.45) is 1.48. The number of carbonyl (C=O) groups excluding carboxylic acids is 1. The molecule has 0 aliphatic carbocycles. The molecular formula is C19H21ClN2O3S. The number of sulfonamides is 1. The van der Waals surface area contributed by atoms with Crippen molar-refractivity contribution in [2.75, 3.05) is 10.8 Å². The number of anilines is 1. The third-order valence-electron chi connectivity index (χ3n) is 3.52. The Bertz CT molecular complexity index is 911. The van der Waals surface area contributed by atoms with Gasteiger partial charge in [-0.05, 0) is 44.2 Å². The molecule has 26 heavy (non-hydrogen) atoms. The maximum absolute atomic E-state index is 13.2. The molecular weight excluding hydrogens is 372 g/mol. The zero-order valence-corrected chi connectivity index (χ0v) is 16.2. The minimum Gasteiger partial charge on any atom is -0.350 e. The lowest BCUT2D eigenvalue weighted by Crippen LogP contribution is -2.32. The molecule has 0 spiro atoms. The maximum Gasteiger partial charge on any atom is 0.264 e. The summed E-state index contributed by atoms with van der Waals surface area (Å²) >= 11 is 6.18. The third-order valence-corrected chi connectivity index (χ3v) is 5.62. The Hall–Kier alpha value is -2.31. The number of nitrogens with one attached hydrogen (secondary N) is 1. The molecule has 0 aromatic heterocycles. The largest absolute Gasteiger partial charge is 0.350 e. The molecule has 2 rings (SSSR count). The molecule has 1 amide bonds. The van der Waals surface area contributed by atoms with Gasteiger partial charge in [0.1, 0.15) is 0 Å². The standard InChI is InChI=1S/C19H21ClN2O3S/c1-4-12-22(18-11-6-5-10-17(18)20)26(24,25)16-9-7-8-15(13-16)19(23)21-14(2)3/h4-11,13-14H,1,12H2,2-3H3,(H,21,23). The highest BCUT2D eigenvalue weighted by Gasteiger charge is 2.26.